The molecule has 1 fully saturated rings. The summed E-state index contributed by atoms with van der Waals surface area (Å²) < 4.78 is 10.8. The van der Waals surface area contributed by atoms with Crippen molar-refractivity contribution in [1.82, 2.24) is 15.0 Å². The first-order chi connectivity index (χ1) is 13.5. The van der Waals surface area contributed by atoms with Crippen molar-refractivity contribution in [3.8, 4) is 22.8 Å². The molecule has 7 nitrogen and oxygen atoms in total. The first kappa shape index (κ1) is 18.8. The van der Waals surface area contributed by atoms with Crippen LogP contribution in [0.15, 0.2) is 18.3 Å². The van der Waals surface area contributed by atoms with Gasteiger partial charge in [-0.3, -0.25) is 0 Å². The second-order valence-corrected chi connectivity index (χ2v) is 7.23. The van der Waals surface area contributed by atoms with Gasteiger partial charge in [0, 0.05) is 36.3 Å². The van der Waals surface area contributed by atoms with Gasteiger partial charge in [0.15, 0.2) is 5.82 Å². The molecule has 2 aromatic heterocycles. The third kappa shape index (κ3) is 3.14. The van der Waals surface area contributed by atoms with Gasteiger partial charge in [-0.25, -0.2) is 15.0 Å². The average Bonchev–Trinajstić information content (AvgIpc) is 3.22. The molecule has 1 aliphatic heterocycles. The molecule has 0 saturated carbocycles. The van der Waals surface area contributed by atoms with Crippen LogP contribution >= 0.6 is 23.2 Å². The number of pyridine rings is 1. The van der Waals surface area contributed by atoms with Crippen molar-refractivity contribution in [1.29, 1.82) is 0 Å². The summed E-state index contributed by atoms with van der Waals surface area (Å²) in [6, 6.07) is 3.50. The lowest BCUT2D eigenvalue weighted by Gasteiger charge is -2.20. The van der Waals surface area contributed by atoms with Gasteiger partial charge in [-0.05, 0) is 18.9 Å². The predicted molar refractivity (Wildman–Crippen MR) is 112 cm³/mol. The highest BCUT2D eigenvalue weighted by atomic mass is 35.5. The Bertz CT molecular complexity index is 1030. The summed E-state index contributed by atoms with van der Waals surface area (Å²) in [5.41, 5.74) is 7.66. The summed E-state index contributed by atoms with van der Waals surface area (Å²) in [6.45, 7) is 1.80. The quantitative estimate of drug-likeness (QED) is 0.677. The number of halogens is 2. The number of fused-ring (bicyclic) bond motifs is 1. The number of ether oxygens (including phenoxy) is 2. The van der Waals surface area contributed by atoms with Crippen molar-refractivity contribution in [3.63, 3.8) is 0 Å². The maximum absolute atomic E-state index is 6.60. The summed E-state index contributed by atoms with van der Waals surface area (Å²) >= 11 is 13.2. The Hall–Kier alpha value is -2.51. The zero-order chi connectivity index (χ0) is 19.8. The Kier molecular flexibility index (Phi) is 5.03. The van der Waals surface area contributed by atoms with Crippen LogP contribution in [0, 0.1) is 0 Å². The number of benzene rings is 1. The van der Waals surface area contributed by atoms with E-state index in [4.69, 9.17) is 43.4 Å². The number of aromatic nitrogens is 3. The summed E-state index contributed by atoms with van der Waals surface area (Å²) in [4.78, 5) is 15.6. The summed E-state index contributed by atoms with van der Waals surface area (Å²) in [7, 11) is 3.08. The largest absolute Gasteiger partial charge is 0.495 e. The Balaban J connectivity index is 2.01. The van der Waals surface area contributed by atoms with Gasteiger partial charge in [0.05, 0.1) is 30.0 Å². The molecule has 0 spiro atoms. The SMILES string of the molecule is COc1cc(OC)c(Cl)c(-c2cc3cnc(N)nc3c(N3CCCC3)n2)c1Cl. The minimum atomic E-state index is 0.210. The van der Waals surface area contributed by atoms with Crippen molar-refractivity contribution in [2.45, 2.75) is 12.8 Å². The van der Waals surface area contributed by atoms with E-state index < -0.39 is 0 Å². The molecule has 0 amide bonds. The Morgan fingerprint density at radius 1 is 1.00 bits per heavy atom. The molecular weight excluding hydrogens is 401 g/mol. The van der Waals surface area contributed by atoms with Gasteiger partial charge < -0.3 is 20.1 Å². The molecule has 0 bridgehead atoms. The standard InChI is InChI=1S/C19H19Cl2N5O2/c1-27-12-8-13(28-2)16(21)14(15(12)20)11-7-10-9-23-19(22)25-17(10)18(24-11)26-5-3-4-6-26/h7-9H,3-6H2,1-2H3,(H2,22,23,25). The van der Waals surface area contributed by atoms with E-state index in [2.05, 4.69) is 14.9 Å². The molecule has 1 aromatic carbocycles. The van der Waals surface area contributed by atoms with Crippen LogP contribution in [0.1, 0.15) is 12.8 Å². The molecule has 0 atom stereocenters. The van der Waals surface area contributed by atoms with E-state index in [9.17, 15) is 0 Å². The van der Waals surface area contributed by atoms with Crippen LogP contribution in [0.2, 0.25) is 10.0 Å². The average molecular weight is 420 g/mol. The van der Waals surface area contributed by atoms with Crippen LogP contribution in [0.4, 0.5) is 11.8 Å². The van der Waals surface area contributed by atoms with E-state index in [1.165, 1.54) is 0 Å². The van der Waals surface area contributed by atoms with Gasteiger partial charge >= 0.3 is 0 Å². The fourth-order valence-electron chi connectivity index (χ4n) is 3.42. The van der Waals surface area contributed by atoms with Gasteiger partial charge in [0.25, 0.3) is 0 Å². The molecule has 2 N–H and O–H groups in total. The minimum absolute atomic E-state index is 0.210. The minimum Gasteiger partial charge on any atom is -0.495 e. The maximum Gasteiger partial charge on any atom is 0.220 e. The molecule has 1 saturated heterocycles. The third-order valence-electron chi connectivity index (χ3n) is 4.80. The van der Waals surface area contributed by atoms with E-state index in [1.54, 1.807) is 26.5 Å². The maximum atomic E-state index is 6.60. The van der Waals surface area contributed by atoms with Gasteiger partial charge in [-0.2, -0.15) is 0 Å². The van der Waals surface area contributed by atoms with E-state index in [0.717, 1.165) is 37.1 Å². The van der Waals surface area contributed by atoms with Crippen LogP contribution in [-0.2, 0) is 0 Å². The topological polar surface area (TPSA) is 86.4 Å². The van der Waals surface area contributed by atoms with Crippen molar-refractivity contribution < 1.29 is 9.47 Å². The van der Waals surface area contributed by atoms with E-state index in [1.807, 2.05) is 6.07 Å². The zero-order valence-electron chi connectivity index (χ0n) is 15.5. The number of nitrogens with zero attached hydrogens (tertiary/aromatic N) is 4. The summed E-state index contributed by atoms with van der Waals surface area (Å²) in [5, 5.41) is 1.53. The predicted octanol–water partition coefficient (Wildman–Crippen LogP) is 4.20. The highest BCUT2D eigenvalue weighted by molar-refractivity contribution is 6.41. The summed E-state index contributed by atoms with van der Waals surface area (Å²) in [6.07, 6.45) is 3.88. The number of nitrogen functional groups attached to an aromatic ring is 1. The second-order valence-electron chi connectivity index (χ2n) is 6.48. The third-order valence-corrected chi connectivity index (χ3v) is 5.55. The monoisotopic (exact) mass is 419 g/mol. The molecule has 0 unspecified atom stereocenters. The number of rotatable bonds is 4. The molecule has 146 valence electrons. The molecule has 3 heterocycles. The Morgan fingerprint density at radius 2 is 1.64 bits per heavy atom. The highest BCUT2D eigenvalue weighted by Crippen LogP contribution is 2.46. The van der Waals surface area contributed by atoms with Crippen molar-refractivity contribution in [3.05, 3.63) is 28.4 Å². The van der Waals surface area contributed by atoms with Gasteiger partial charge in [0.2, 0.25) is 5.95 Å². The summed E-state index contributed by atoms with van der Waals surface area (Å²) in [5.74, 6) is 1.86. The van der Waals surface area contributed by atoms with Crippen LogP contribution in [0.3, 0.4) is 0 Å². The number of hydrogen-bond acceptors (Lipinski definition) is 7. The van der Waals surface area contributed by atoms with Gasteiger partial charge in [-0.1, -0.05) is 23.2 Å². The zero-order valence-corrected chi connectivity index (χ0v) is 17.0. The molecular formula is C19H19Cl2N5O2. The number of hydrogen-bond donors (Lipinski definition) is 1. The van der Waals surface area contributed by atoms with E-state index in [-0.39, 0.29) is 5.95 Å². The molecule has 3 aromatic rings. The molecule has 0 aliphatic carbocycles. The molecule has 4 rings (SSSR count). The van der Waals surface area contributed by atoms with Crippen LogP contribution in [-0.4, -0.2) is 42.3 Å². The lowest BCUT2D eigenvalue weighted by atomic mass is 10.1. The smallest absolute Gasteiger partial charge is 0.220 e. The second kappa shape index (κ2) is 7.48. The van der Waals surface area contributed by atoms with Crippen molar-refractivity contribution in [2.75, 3.05) is 37.9 Å². The van der Waals surface area contributed by atoms with Crippen LogP contribution < -0.4 is 20.1 Å². The van der Waals surface area contributed by atoms with Crippen LogP contribution in [0.25, 0.3) is 22.2 Å². The number of methoxy groups -OCH3 is 2. The first-order valence-corrected chi connectivity index (χ1v) is 9.57. The van der Waals surface area contributed by atoms with Crippen molar-refractivity contribution in [2.24, 2.45) is 0 Å². The number of nitrogens with two attached hydrogens (primary N) is 1. The van der Waals surface area contributed by atoms with Gasteiger partial charge in [0.1, 0.15) is 17.0 Å². The van der Waals surface area contributed by atoms with E-state index >= 15 is 0 Å². The fourth-order valence-corrected chi connectivity index (χ4v) is 4.12. The van der Waals surface area contributed by atoms with Gasteiger partial charge in [-0.15, -0.1) is 0 Å². The molecule has 28 heavy (non-hydrogen) atoms. The Morgan fingerprint density at radius 3 is 2.25 bits per heavy atom. The molecule has 0 radical (unpaired) electrons. The van der Waals surface area contributed by atoms with Crippen LogP contribution in [0.5, 0.6) is 11.5 Å². The lowest BCUT2D eigenvalue weighted by molar-refractivity contribution is 0.395. The highest BCUT2D eigenvalue weighted by Gasteiger charge is 2.24. The molecule has 9 heteroatoms. The Labute approximate surface area is 172 Å². The van der Waals surface area contributed by atoms with Crippen molar-refractivity contribution >= 4 is 45.9 Å². The lowest BCUT2D eigenvalue weighted by Crippen LogP contribution is -2.20. The molecule has 1 aliphatic rings. The fraction of sp³-hybridized carbons (Fsp3) is 0.316. The number of anilines is 2. The normalized spacial score (nSPS) is 13.9. The first-order valence-electron chi connectivity index (χ1n) is 8.82. The van der Waals surface area contributed by atoms with E-state index in [0.29, 0.717) is 38.3 Å².